The second-order valence-electron chi connectivity index (χ2n) is 9.88. The number of anilines is 1. The molecule has 0 saturated carbocycles. The number of amides is 4. The Bertz CT molecular complexity index is 994. The molecule has 1 unspecified atom stereocenters. The van der Waals surface area contributed by atoms with Crippen LogP contribution in [0, 0.1) is 5.92 Å². The molecule has 0 aliphatic carbocycles. The van der Waals surface area contributed by atoms with E-state index in [9.17, 15) is 19.2 Å². The van der Waals surface area contributed by atoms with Crippen LogP contribution in [0.25, 0.3) is 0 Å². The van der Waals surface area contributed by atoms with Crippen molar-refractivity contribution in [1.82, 2.24) is 15.5 Å². The van der Waals surface area contributed by atoms with E-state index in [2.05, 4.69) is 29.8 Å². The van der Waals surface area contributed by atoms with Gasteiger partial charge in [0, 0.05) is 18.2 Å². The van der Waals surface area contributed by atoms with Crippen molar-refractivity contribution in [2.75, 3.05) is 71.3 Å². The predicted octanol–water partition coefficient (Wildman–Crippen LogP) is 0.800. The molecule has 45 heavy (non-hydrogen) atoms. The van der Waals surface area contributed by atoms with Gasteiger partial charge in [-0.25, -0.2) is 0 Å². The van der Waals surface area contributed by atoms with Crippen molar-refractivity contribution < 1.29 is 43.2 Å². The first kappa shape index (κ1) is 41.6. The molecule has 1 radical (unpaired) electrons. The third-order valence-corrected chi connectivity index (χ3v) is 5.99. The number of carbonyl (C=O) groups is 4. The number of ether oxygens (including phenoxy) is 4. The van der Waals surface area contributed by atoms with Crippen molar-refractivity contribution >= 4 is 43.4 Å². The van der Waals surface area contributed by atoms with E-state index >= 15 is 0 Å². The first-order valence-corrected chi connectivity index (χ1v) is 14.9. The standard InChI is InChI=1S/C21H38BN2O6.C10H12N2O3/c1-5-6-21(26)24(17-22)8-10-28-12-14-30-16-15-29-13-11-27-9-7-20(25)23-19(4)18(2)3;13-6-8-1-3-9(4-2-8)12-10(15)5-11-7-14/h5-6,17-19H,7-16H2,1-4H3,(H,23,25);1-4,7,13H,5-6H2,(H,11,14)(H,12,15)/b6-5-;. The van der Waals surface area contributed by atoms with E-state index in [0.717, 1.165) is 5.56 Å². The Labute approximate surface area is 268 Å². The van der Waals surface area contributed by atoms with Crippen LogP contribution in [0.15, 0.2) is 36.4 Å². The second-order valence-corrected chi connectivity index (χ2v) is 9.88. The molecule has 0 saturated heterocycles. The number of hydrogen-bond acceptors (Lipinski definition) is 9. The van der Waals surface area contributed by atoms with Gasteiger partial charge in [-0.3, -0.25) is 14.4 Å². The molecule has 1 aromatic carbocycles. The fourth-order valence-corrected chi connectivity index (χ4v) is 3.11. The minimum absolute atomic E-state index is 0.00556. The third kappa shape index (κ3) is 23.6. The van der Waals surface area contributed by atoms with Gasteiger partial charge in [0.2, 0.25) is 18.2 Å². The van der Waals surface area contributed by atoms with Crippen molar-refractivity contribution in [3.8, 4) is 0 Å². The maximum atomic E-state index is 11.7. The number of hydrogen-bond donors (Lipinski definition) is 4. The van der Waals surface area contributed by atoms with Gasteiger partial charge in [0.25, 0.3) is 0 Å². The van der Waals surface area contributed by atoms with Gasteiger partial charge in [-0.15, -0.1) is 0 Å². The van der Waals surface area contributed by atoms with Gasteiger partial charge in [-0.2, -0.15) is 0 Å². The molecule has 0 heterocycles. The van der Waals surface area contributed by atoms with Gasteiger partial charge >= 0.3 is 109 Å². The van der Waals surface area contributed by atoms with Gasteiger partial charge in [0.1, 0.15) is 0 Å². The average Bonchev–Trinajstić information content (AvgIpc) is 3.02. The van der Waals surface area contributed by atoms with Crippen LogP contribution >= 0.6 is 0 Å². The van der Waals surface area contributed by atoms with Crippen molar-refractivity contribution in [2.45, 2.75) is 46.8 Å². The van der Waals surface area contributed by atoms with E-state index in [-0.39, 0.29) is 36.9 Å². The number of carbonyl (C=O) groups excluding carboxylic acids is 4. The van der Waals surface area contributed by atoms with Crippen LogP contribution in [0.1, 0.15) is 39.7 Å². The van der Waals surface area contributed by atoms with Gasteiger partial charge in [0.05, 0.1) is 26.4 Å². The molecule has 0 aromatic heterocycles. The molecular formula is C31H50BN4O9. The zero-order valence-electron chi connectivity index (χ0n) is 27.0. The summed E-state index contributed by atoms with van der Waals surface area (Å²) in [6, 6.07) is 6.96. The molecule has 13 nitrogen and oxygen atoms in total. The van der Waals surface area contributed by atoms with Crippen LogP contribution in [0.2, 0.25) is 0 Å². The van der Waals surface area contributed by atoms with Crippen LogP contribution in [0.5, 0.6) is 0 Å². The predicted molar refractivity (Wildman–Crippen MR) is 174 cm³/mol. The topological polar surface area (TPSA) is 165 Å². The van der Waals surface area contributed by atoms with E-state index in [1.807, 2.05) is 6.92 Å². The van der Waals surface area contributed by atoms with Crippen molar-refractivity contribution in [2.24, 2.45) is 5.92 Å². The number of allylic oxidation sites excluding steroid dienone is 1. The molecule has 0 aliphatic heterocycles. The summed E-state index contributed by atoms with van der Waals surface area (Å²) in [5.41, 5.74) is 1.41. The molecule has 0 bridgehead atoms. The van der Waals surface area contributed by atoms with Crippen molar-refractivity contribution in [3.63, 3.8) is 0 Å². The summed E-state index contributed by atoms with van der Waals surface area (Å²) in [5.74, 6) is -0.0501. The molecule has 14 heteroatoms. The maximum absolute atomic E-state index is 11.7. The molecule has 1 rings (SSSR count). The van der Waals surface area contributed by atoms with E-state index in [0.29, 0.717) is 83.8 Å². The van der Waals surface area contributed by atoms with Crippen LogP contribution in [-0.2, 0) is 44.7 Å². The zero-order chi connectivity index (χ0) is 33.7. The number of aliphatic hydroxyl groups excluding tert-OH is 1. The fourth-order valence-electron chi connectivity index (χ4n) is 3.11. The summed E-state index contributed by atoms with van der Waals surface area (Å²) in [6.07, 6.45) is 5.17. The molecule has 0 aliphatic rings. The van der Waals surface area contributed by atoms with Gasteiger partial charge < -0.3 is 25.8 Å². The van der Waals surface area contributed by atoms with Crippen LogP contribution < -0.4 is 16.0 Å². The van der Waals surface area contributed by atoms with Gasteiger partial charge in [-0.05, 0) is 30.5 Å². The van der Waals surface area contributed by atoms with Crippen LogP contribution in [-0.4, -0.2) is 120 Å². The quantitative estimate of drug-likeness (QED) is 0.0558. The molecule has 4 amide bonds. The third-order valence-electron chi connectivity index (χ3n) is 5.99. The minimum atomic E-state index is -0.293. The summed E-state index contributed by atoms with van der Waals surface area (Å²) in [6.45, 7) is 11.7. The van der Waals surface area contributed by atoms with Crippen molar-refractivity contribution in [1.29, 1.82) is 0 Å². The molecule has 1 atom stereocenters. The summed E-state index contributed by atoms with van der Waals surface area (Å²) < 4.78 is 21.6. The Balaban J connectivity index is 0.00000107. The molecule has 0 spiro atoms. The number of aliphatic hydroxyl groups is 1. The summed E-state index contributed by atoms with van der Waals surface area (Å²) in [5, 5.41) is 16.6. The van der Waals surface area contributed by atoms with E-state index in [4.69, 9.17) is 31.5 Å². The Morgan fingerprint density at radius 3 is 1.93 bits per heavy atom. The Kier molecular flexibility index (Phi) is 25.9. The molecular weight excluding hydrogens is 583 g/mol. The van der Waals surface area contributed by atoms with E-state index < -0.39 is 0 Å². The summed E-state index contributed by atoms with van der Waals surface area (Å²) in [7, 11) is 5.42. The van der Waals surface area contributed by atoms with Gasteiger partial charge in [0.15, 0.2) is 0 Å². The fraction of sp³-hybridized carbons (Fsp3) is 0.581. The number of benzene rings is 1. The monoisotopic (exact) mass is 633 g/mol. The number of nitrogens with zero attached hydrogens (tertiary/aromatic N) is 1. The Morgan fingerprint density at radius 1 is 0.889 bits per heavy atom. The normalized spacial score (nSPS) is 11.3. The molecule has 4 N–H and O–H groups in total. The van der Waals surface area contributed by atoms with Gasteiger partial charge in [-0.1, -0.05) is 26.0 Å². The SMILES string of the molecule is O=CNCC(=O)Nc1ccc(CO)cc1.[B]=CN(CCOCCOCCOCCOCCC(=O)NC(C)C(C)C)C(=O)/C=C\C. The number of rotatable bonds is 24. The summed E-state index contributed by atoms with van der Waals surface area (Å²) >= 11 is 0. The Hall–Kier alpha value is -3.43. The zero-order valence-corrected chi connectivity index (χ0v) is 27.0. The average molecular weight is 634 g/mol. The van der Waals surface area contributed by atoms with Crippen molar-refractivity contribution in [3.05, 3.63) is 42.0 Å². The van der Waals surface area contributed by atoms with Crippen LogP contribution in [0.4, 0.5) is 5.69 Å². The first-order valence-electron chi connectivity index (χ1n) is 14.9. The Morgan fingerprint density at radius 2 is 1.44 bits per heavy atom. The first-order chi connectivity index (χ1) is 21.7. The summed E-state index contributed by atoms with van der Waals surface area (Å²) in [4.78, 5) is 45.8. The number of nitrogens with one attached hydrogen (secondary N) is 3. The van der Waals surface area contributed by atoms with E-state index in [1.54, 1.807) is 37.3 Å². The van der Waals surface area contributed by atoms with Crippen LogP contribution in [0.3, 0.4) is 0 Å². The second kappa shape index (κ2) is 28.1. The molecule has 1 aromatic rings. The molecule has 251 valence electrons. The van der Waals surface area contributed by atoms with E-state index in [1.165, 1.54) is 17.1 Å². The molecule has 0 fully saturated rings.